The minimum absolute atomic E-state index is 0.0692. The van der Waals surface area contributed by atoms with Crippen LogP contribution in [0.15, 0.2) is 42.5 Å². The van der Waals surface area contributed by atoms with Crippen molar-refractivity contribution in [3.63, 3.8) is 0 Å². The molecule has 11 heteroatoms. The summed E-state index contributed by atoms with van der Waals surface area (Å²) in [5.41, 5.74) is 0.915. The van der Waals surface area contributed by atoms with Crippen molar-refractivity contribution in [2.24, 2.45) is 0 Å². The van der Waals surface area contributed by atoms with E-state index in [1.54, 1.807) is 43.3 Å². The quantitative estimate of drug-likeness (QED) is 0.442. The third kappa shape index (κ3) is 7.77. The maximum Gasteiger partial charge on any atom is 0.244 e. The fourth-order valence-electron chi connectivity index (χ4n) is 4.52. The fraction of sp³-hybridized carbons (Fsp3) is 0.481. The minimum Gasteiger partial charge on any atom is -0.497 e. The van der Waals surface area contributed by atoms with E-state index in [0.29, 0.717) is 10.8 Å². The second-order valence-corrected chi connectivity index (χ2v) is 11.8. The number of ether oxygens (including phenoxy) is 2. The van der Waals surface area contributed by atoms with Crippen LogP contribution in [-0.2, 0) is 26.2 Å². The second-order valence-electron chi connectivity index (χ2n) is 9.48. The van der Waals surface area contributed by atoms with Gasteiger partial charge in [-0.25, -0.2) is 8.42 Å². The van der Waals surface area contributed by atoms with Gasteiger partial charge in [-0.15, -0.1) is 0 Å². The summed E-state index contributed by atoms with van der Waals surface area (Å²) in [6.45, 7) is 1.22. The molecule has 3 rings (SSSR count). The third-order valence-electron chi connectivity index (χ3n) is 6.72. The number of amides is 2. The maximum atomic E-state index is 13.8. The van der Waals surface area contributed by atoms with Crippen LogP contribution in [0, 0.1) is 0 Å². The van der Waals surface area contributed by atoms with Crippen molar-refractivity contribution in [3.05, 3.63) is 53.1 Å². The van der Waals surface area contributed by atoms with Gasteiger partial charge in [0.05, 0.1) is 26.2 Å². The number of carbonyl (C=O) groups is 2. The number of nitrogens with one attached hydrogen (secondary N) is 1. The molecule has 1 saturated carbocycles. The summed E-state index contributed by atoms with van der Waals surface area (Å²) < 4.78 is 37.4. The lowest BCUT2D eigenvalue weighted by Crippen LogP contribution is -2.53. The van der Waals surface area contributed by atoms with Crippen LogP contribution in [0.1, 0.15) is 44.6 Å². The predicted molar refractivity (Wildman–Crippen MR) is 148 cm³/mol. The Kier molecular flexibility index (Phi) is 10.3. The number of rotatable bonds is 11. The molecule has 1 aliphatic carbocycles. The third-order valence-corrected chi connectivity index (χ3v) is 8.10. The largest absolute Gasteiger partial charge is 0.497 e. The van der Waals surface area contributed by atoms with Gasteiger partial charge in [-0.2, -0.15) is 0 Å². The Morgan fingerprint density at radius 3 is 2.29 bits per heavy atom. The zero-order chi connectivity index (χ0) is 27.9. The van der Waals surface area contributed by atoms with Gasteiger partial charge < -0.3 is 19.7 Å². The van der Waals surface area contributed by atoms with Crippen molar-refractivity contribution in [2.45, 2.75) is 57.7 Å². The van der Waals surface area contributed by atoms with Gasteiger partial charge in [-0.05, 0) is 49.6 Å². The van der Waals surface area contributed by atoms with Crippen LogP contribution < -0.4 is 19.1 Å². The van der Waals surface area contributed by atoms with Crippen LogP contribution in [0.25, 0.3) is 0 Å². The van der Waals surface area contributed by atoms with E-state index in [9.17, 15) is 18.0 Å². The van der Waals surface area contributed by atoms with Gasteiger partial charge >= 0.3 is 0 Å². The zero-order valence-electron chi connectivity index (χ0n) is 22.3. The fourth-order valence-corrected chi connectivity index (χ4v) is 5.50. The SMILES string of the molecule is COc1ccc(OC)c(N(CC(=O)N(Cc2ccc(Cl)cc2)[C@@H](C)C(=O)NC2CCCCC2)S(C)(=O)=O)c1. The molecule has 0 unspecified atom stereocenters. The number of sulfonamides is 1. The molecule has 0 spiro atoms. The van der Waals surface area contributed by atoms with Gasteiger partial charge in [-0.3, -0.25) is 13.9 Å². The van der Waals surface area contributed by atoms with Crippen molar-refractivity contribution in [1.29, 1.82) is 0 Å². The van der Waals surface area contributed by atoms with Crippen molar-refractivity contribution in [3.8, 4) is 11.5 Å². The smallest absolute Gasteiger partial charge is 0.244 e. The van der Waals surface area contributed by atoms with Gasteiger partial charge in [0.2, 0.25) is 21.8 Å². The van der Waals surface area contributed by atoms with Crippen LogP contribution in [-0.4, -0.2) is 64.2 Å². The molecule has 1 fully saturated rings. The molecule has 2 aromatic rings. The number of benzene rings is 2. The highest BCUT2D eigenvalue weighted by Crippen LogP contribution is 2.34. The second kappa shape index (κ2) is 13.2. The van der Waals surface area contributed by atoms with Crippen LogP contribution in [0.5, 0.6) is 11.5 Å². The lowest BCUT2D eigenvalue weighted by molar-refractivity contribution is -0.139. The molecule has 0 saturated heterocycles. The number of methoxy groups -OCH3 is 2. The molecule has 0 heterocycles. The van der Waals surface area contributed by atoms with Gasteiger partial charge in [0.25, 0.3) is 0 Å². The highest BCUT2D eigenvalue weighted by atomic mass is 35.5. The summed E-state index contributed by atoms with van der Waals surface area (Å²) >= 11 is 6.03. The lowest BCUT2D eigenvalue weighted by atomic mass is 9.95. The average molecular weight is 566 g/mol. The van der Waals surface area contributed by atoms with E-state index in [1.807, 2.05) is 0 Å². The van der Waals surface area contributed by atoms with E-state index < -0.39 is 28.5 Å². The summed E-state index contributed by atoms with van der Waals surface area (Å²) in [5.74, 6) is -0.151. The Bertz CT molecular complexity index is 1220. The monoisotopic (exact) mass is 565 g/mol. The molecule has 2 amide bonds. The molecular weight excluding hydrogens is 530 g/mol. The van der Waals surface area contributed by atoms with E-state index >= 15 is 0 Å². The first kappa shape index (κ1) is 29.6. The number of hydrogen-bond acceptors (Lipinski definition) is 6. The summed E-state index contributed by atoms with van der Waals surface area (Å²) in [7, 11) is -1.04. The van der Waals surface area contributed by atoms with E-state index in [2.05, 4.69) is 5.32 Å². The summed E-state index contributed by atoms with van der Waals surface area (Å²) in [6, 6.07) is 10.9. The number of hydrogen-bond donors (Lipinski definition) is 1. The number of halogens is 1. The molecule has 0 aromatic heterocycles. The molecule has 208 valence electrons. The van der Waals surface area contributed by atoms with Gasteiger partial charge in [0.15, 0.2) is 0 Å². The van der Waals surface area contributed by atoms with Crippen LogP contribution in [0.2, 0.25) is 5.02 Å². The van der Waals surface area contributed by atoms with Crippen molar-refractivity contribution in [2.75, 3.05) is 31.3 Å². The van der Waals surface area contributed by atoms with Crippen LogP contribution in [0.4, 0.5) is 5.69 Å². The number of carbonyl (C=O) groups excluding carboxylic acids is 2. The van der Waals surface area contributed by atoms with Gasteiger partial charge in [-0.1, -0.05) is 43.0 Å². The molecule has 9 nitrogen and oxygen atoms in total. The van der Waals surface area contributed by atoms with Crippen molar-refractivity contribution < 1.29 is 27.5 Å². The molecule has 38 heavy (non-hydrogen) atoms. The molecule has 2 aromatic carbocycles. The first-order valence-corrected chi connectivity index (χ1v) is 14.8. The zero-order valence-corrected chi connectivity index (χ0v) is 23.8. The van der Waals surface area contributed by atoms with E-state index in [0.717, 1.165) is 48.2 Å². The summed E-state index contributed by atoms with van der Waals surface area (Å²) in [6.07, 6.45) is 6.08. The Balaban J connectivity index is 1.93. The molecule has 0 radical (unpaired) electrons. The predicted octanol–water partition coefficient (Wildman–Crippen LogP) is 3.99. The topological polar surface area (TPSA) is 105 Å². The lowest BCUT2D eigenvalue weighted by Gasteiger charge is -2.33. The van der Waals surface area contributed by atoms with E-state index in [-0.39, 0.29) is 29.9 Å². The van der Waals surface area contributed by atoms with Crippen LogP contribution >= 0.6 is 11.6 Å². The van der Waals surface area contributed by atoms with Gasteiger partial charge in [0, 0.05) is 23.7 Å². The highest BCUT2D eigenvalue weighted by molar-refractivity contribution is 7.92. The van der Waals surface area contributed by atoms with Crippen LogP contribution in [0.3, 0.4) is 0 Å². The van der Waals surface area contributed by atoms with Crippen molar-refractivity contribution >= 4 is 39.1 Å². The Hall–Kier alpha value is -2.98. The van der Waals surface area contributed by atoms with Gasteiger partial charge in [0.1, 0.15) is 24.1 Å². The normalized spacial score (nSPS) is 14.9. The summed E-state index contributed by atoms with van der Waals surface area (Å²) in [4.78, 5) is 28.4. The first-order valence-electron chi connectivity index (χ1n) is 12.6. The molecule has 1 atom stereocenters. The standard InChI is InChI=1S/C27H36ClN3O6S/c1-19(27(33)29-22-8-6-5-7-9-22)30(17-20-10-12-21(28)13-11-20)26(32)18-31(38(4,34)35)24-16-23(36-2)14-15-25(24)37-3/h10-16,19,22H,5-9,17-18H2,1-4H3,(H,29,33)/t19-/m0/s1. The Morgan fingerprint density at radius 1 is 1.05 bits per heavy atom. The molecule has 1 aliphatic rings. The Morgan fingerprint density at radius 2 is 1.71 bits per heavy atom. The first-order chi connectivity index (χ1) is 18.0. The number of anilines is 1. The van der Waals surface area contributed by atoms with E-state index in [4.69, 9.17) is 21.1 Å². The highest BCUT2D eigenvalue weighted by Gasteiger charge is 2.32. The Labute approximate surface area is 230 Å². The average Bonchev–Trinajstić information content (AvgIpc) is 2.90. The maximum absolute atomic E-state index is 13.8. The van der Waals surface area contributed by atoms with Crippen molar-refractivity contribution in [1.82, 2.24) is 10.2 Å². The van der Waals surface area contributed by atoms with E-state index in [1.165, 1.54) is 25.2 Å². The molecule has 1 N–H and O–H groups in total. The molecular formula is C27H36ClN3O6S. The molecule has 0 bridgehead atoms. The minimum atomic E-state index is -3.92. The number of nitrogens with zero attached hydrogens (tertiary/aromatic N) is 2. The molecule has 0 aliphatic heterocycles. The summed E-state index contributed by atoms with van der Waals surface area (Å²) in [5, 5.41) is 3.62.